The van der Waals surface area contributed by atoms with Crippen LogP contribution in [-0.4, -0.2) is 163 Å². The van der Waals surface area contributed by atoms with Crippen LogP contribution in [0.2, 0.25) is 0 Å². The Kier molecular flexibility index (Phi) is 52.8. The van der Waals surface area contributed by atoms with E-state index >= 15 is 0 Å². The van der Waals surface area contributed by atoms with Gasteiger partial charge in [0.25, 0.3) is 0 Å². The van der Waals surface area contributed by atoms with Crippen molar-refractivity contribution in [1.82, 2.24) is 39.2 Å². The summed E-state index contributed by atoms with van der Waals surface area (Å²) in [4.78, 5) is 21.8. The van der Waals surface area contributed by atoms with Gasteiger partial charge in [-0.25, -0.2) is 0 Å². The van der Waals surface area contributed by atoms with E-state index in [4.69, 9.17) is 0 Å². The number of hydrogen-bond acceptors (Lipinski definition) is 8. The third-order valence-corrected chi connectivity index (χ3v) is 38.5. The monoisotopic (exact) mass is 1980 g/mol. The molecule has 8 heteroatoms. The Bertz CT molecular complexity index is 3830. The molecule has 10 aliphatic rings. The van der Waals surface area contributed by atoms with Crippen molar-refractivity contribution >= 4 is 0 Å². The maximum atomic E-state index is 3.10. The van der Waals surface area contributed by atoms with Crippen molar-refractivity contribution < 1.29 is 0 Å². The quantitative estimate of drug-likeness (QED) is 0.0685. The number of hydrogen-bond donors (Lipinski definition) is 0. The lowest BCUT2D eigenvalue weighted by molar-refractivity contribution is 0.00679. The molecule has 4 aromatic rings. The first-order valence-corrected chi connectivity index (χ1v) is 61.3. The summed E-state index contributed by atoms with van der Waals surface area (Å²) in [6.07, 6.45) is 70.0. The highest BCUT2D eigenvalue weighted by molar-refractivity contribution is 5.34. The molecule has 0 N–H and O–H groups in total. The topological polar surface area (TPSA) is 25.9 Å². The van der Waals surface area contributed by atoms with Gasteiger partial charge >= 0.3 is 0 Å². The normalized spacial score (nSPS) is 24.0. The maximum absolute atomic E-state index is 3.10. The van der Waals surface area contributed by atoms with Crippen LogP contribution in [0.5, 0.6) is 0 Å². The summed E-state index contributed by atoms with van der Waals surface area (Å²) in [5.74, 6) is 4.17. The molecule has 1 heterocycles. The molecule has 1 aliphatic heterocycles. The van der Waals surface area contributed by atoms with E-state index in [-0.39, 0.29) is 27.4 Å². The summed E-state index contributed by atoms with van der Waals surface area (Å²) in [5.41, 5.74) is 11.1. The highest BCUT2D eigenvalue weighted by Crippen LogP contribution is 2.50. The fourth-order valence-corrected chi connectivity index (χ4v) is 29.2. The molecule has 9 aliphatic carbocycles. The summed E-state index contributed by atoms with van der Waals surface area (Å²) in [6.45, 7) is 72.2. The van der Waals surface area contributed by atoms with Gasteiger partial charge in [-0.05, 0) is 392 Å². The third kappa shape index (κ3) is 39.6. The second kappa shape index (κ2) is 59.7. The van der Waals surface area contributed by atoms with Gasteiger partial charge in [0.1, 0.15) is 0 Å². The van der Waals surface area contributed by atoms with Crippen LogP contribution in [0.1, 0.15) is 567 Å². The summed E-state index contributed by atoms with van der Waals surface area (Å²) >= 11 is 0. The lowest BCUT2D eigenvalue weighted by atomic mass is 9.78. The van der Waals surface area contributed by atoms with E-state index in [1.165, 1.54) is 342 Å². The van der Waals surface area contributed by atoms with Crippen LogP contribution in [0.3, 0.4) is 0 Å². The smallest absolute Gasteiger partial charge is 0.0401 e. The minimum atomic E-state index is 0.162. The number of benzene rings is 4. The van der Waals surface area contributed by atoms with Crippen LogP contribution in [0, 0.1) is 59.7 Å². The Morgan fingerprint density at radius 3 is 0.902 bits per heavy atom. The van der Waals surface area contributed by atoms with Crippen molar-refractivity contribution in [2.75, 3.05) is 42.3 Å². The molecular weight excluding hydrogens is 1730 g/mol. The molecule has 0 amide bonds. The van der Waals surface area contributed by atoms with Gasteiger partial charge in [0.05, 0.1) is 0 Å². The van der Waals surface area contributed by atoms with Gasteiger partial charge in [0.15, 0.2) is 0 Å². The number of nitrogens with zero attached hydrogens (tertiary/aromatic N) is 8. The fraction of sp³-hybridized carbons (Fsp3) is 0.822. The van der Waals surface area contributed by atoms with Gasteiger partial charge in [0, 0.05) is 106 Å². The van der Waals surface area contributed by atoms with Gasteiger partial charge in [0.2, 0.25) is 0 Å². The number of likely N-dealkylation sites (tertiary alicyclic amines) is 1. The summed E-state index contributed by atoms with van der Waals surface area (Å²) in [5, 5.41) is 0. The van der Waals surface area contributed by atoms with Gasteiger partial charge < -0.3 is 4.90 Å². The van der Waals surface area contributed by atoms with Gasteiger partial charge in [-0.1, -0.05) is 362 Å². The molecule has 14 rings (SSSR count). The van der Waals surface area contributed by atoms with Crippen molar-refractivity contribution in [3.05, 3.63) is 143 Å². The lowest BCUT2D eigenvalue weighted by Gasteiger charge is -2.49. The Labute approximate surface area is 892 Å². The van der Waals surface area contributed by atoms with Crippen LogP contribution in [0.15, 0.2) is 109 Å². The predicted molar refractivity (Wildman–Crippen MR) is 634 cm³/mol. The fourth-order valence-electron chi connectivity index (χ4n) is 29.2. The van der Waals surface area contributed by atoms with E-state index in [0.29, 0.717) is 58.0 Å². The zero-order valence-corrected chi connectivity index (χ0v) is 102. The molecule has 0 aromatic heterocycles. The van der Waals surface area contributed by atoms with Gasteiger partial charge in [-0.15, -0.1) is 0 Å². The first kappa shape index (κ1) is 126. The van der Waals surface area contributed by atoms with Crippen molar-refractivity contribution in [2.45, 2.75) is 629 Å². The van der Waals surface area contributed by atoms with E-state index in [1.54, 1.807) is 0 Å². The molecule has 822 valence electrons. The van der Waals surface area contributed by atoms with Crippen LogP contribution >= 0.6 is 0 Å². The first-order chi connectivity index (χ1) is 67.2. The van der Waals surface area contributed by atoms with Crippen LogP contribution in [-0.2, 0) is 0 Å². The van der Waals surface area contributed by atoms with Gasteiger partial charge in [-0.2, -0.15) is 0 Å². The van der Waals surface area contributed by atoms with Crippen molar-refractivity contribution in [1.29, 1.82) is 0 Å². The minimum Gasteiger partial charge on any atom is -0.300 e. The number of rotatable bonds is 24. The molecule has 1 saturated heterocycles. The Morgan fingerprint density at radius 2 is 0.622 bits per heavy atom. The van der Waals surface area contributed by atoms with E-state index in [2.05, 4.69) is 405 Å². The average molecular weight is 1980 g/mol. The standard InChI is InChI=1S/C21H39N.C19H33N.C18H33N.2C18H31N.C16H27N.C13H25N.C12H23N/c1-16-4-10-19(11-5-16)22(20-12-6-17(2)7-13-20)21-14-8-18(3)9-15-21;1-15(2)17(16-12-10-9-11-13-16)20(8)19(6,7)14-18(3,4)5;1-4-10-16(11-5-1)19(17-12-6-2-7-13-17)18-14-8-3-9-15-18;1-13-10-11-15(14(2)12-13)16(17(3,4)5)19(9)18(6,7)8;1-7-18(8-2,9-3)19(6)17(15(4)5)16-13-11-10-12-14-16;1-15(2,3)14(17(7)16(4,5)6)13-11-9-8-10-12-13;1-14(12-8-4-2-5-9-12)13-10-6-3-7-11-13;1-11(2)9-10-12(13(11)3)7-5-4-6-8-12/h16-21H,4-15H2,1-3H3;9-13,15,17H,14H2,1-8H3;16-18H,1-15H2;10-12,16H,1-9H3;10-15,17H,7-9H2,1-6H3;8-12,14H,1-7H3;12-13H,2-11H2,1H3;4-10H2,1-3H3. The number of aryl methyl sites for hydroxylation is 2. The molecular formula is C135H242N8. The minimum absolute atomic E-state index is 0.162. The third-order valence-electron chi connectivity index (χ3n) is 38.5. The second-order valence-electron chi connectivity index (χ2n) is 56.5. The summed E-state index contributed by atoms with van der Waals surface area (Å²) in [7, 11) is 13.8. The largest absolute Gasteiger partial charge is 0.300 e. The van der Waals surface area contributed by atoms with Gasteiger partial charge in [-0.3, -0.25) is 34.3 Å². The van der Waals surface area contributed by atoms with Crippen LogP contribution < -0.4 is 0 Å². The molecule has 4 unspecified atom stereocenters. The first-order valence-electron chi connectivity index (χ1n) is 61.3. The Morgan fingerprint density at radius 1 is 0.329 bits per heavy atom. The zero-order chi connectivity index (χ0) is 106. The van der Waals surface area contributed by atoms with Crippen molar-refractivity contribution in [3.63, 3.8) is 0 Å². The lowest BCUT2D eigenvalue weighted by Crippen LogP contribution is -2.52. The molecule has 10 fully saturated rings. The van der Waals surface area contributed by atoms with Crippen molar-refractivity contribution in [2.24, 2.45) is 45.8 Å². The molecule has 143 heavy (non-hydrogen) atoms. The molecule has 8 nitrogen and oxygen atoms in total. The average Bonchev–Trinajstić information content (AvgIpc) is 1.51. The van der Waals surface area contributed by atoms with Crippen LogP contribution in [0.25, 0.3) is 0 Å². The zero-order valence-electron chi connectivity index (χ0n) is 102. The SMILES string of the molecule is C1CCC(N(C2CCCCC2)C2CCCCC2)CC1.CC(C)C(c1ccccc1)N(C)C(C)(C)CC(C)(C)C.CC1CCC(N(C2CCC(C)CC2)C2CCC(C)CC2)CC1.CCC(CC)(CC)N(C)C(c1ccccc1)C(C)C.CN(C(c1ccccc1)C(C)(C)C)C(C)(C)C.CN(C1CCCCC1)C1CCCCC1.CN1C(C)(C)CCC12CCCCC2.Cc1ccc(C(N(C)C(C)(C)C)C(C)(C)C)c(C)c1. The van der Waals surface area contributed by atoms with E-state index in [0.717, 1.165) is 66.1 Å². The second-order valence-corrected chi connectivity index (χ2v) is 56.5. The van der Waals surface area contributed by atoms with E-state index in [9.17, 15) is 0 Å². The van der Waals surface area contributed by atoms with E-state index < -0.39 is 0 Å². The predicted octanol–water partition coefficient (Wildman–Crippen LogP) is 38.5. The Hall–Kier alpha value is -3.44. The highest BCUT2D eigenvalue weighted by atomic mass is 15.3. The molecule has 4 atom stereocenters. The highest BCUT2D eigenvalue weighted by Gasteiger charge is 2.49. The molecule has 9 saturated carbocycles. The maximum Gasteiger partial charge on any atom is 0.0401 e. The van der Waals surface area contributed by atoms with Crippen LogP contribution in [0.4, 0.5) is 0 Å². The van der Waals surface area contributed by atoms with Crippen molar-refractivity contribution in [3.8, 4) is 0 Å². The Balaban J connectivity index is 0.000000223. The molecule has 0 radical (unpaired) electrons. The molecule has 4 aromatic carbocycles. The molecule has 1 spiro atoms. The molecule has 0 bridgehead atoms. The summed E-state index contributed by atoms with van der Waals surface area (Å²) in [6, 6.07) is 48.8. The van der Waals surface area contributed by atoms with E-state index in [1.807, 2.05) is 0 Å². The summed E-state index contributed by atoms with van der Waals surface area (Å²) < 4.78 is 0.